The van der Waals surface area contributed by atoms with Gasteiger partial charge in [-0.25, -0.2) is 0 Å². The highest BCUT2D eigenvalue weighted by molar-refractivity contribution is 7.51. The number of carbonyl (C=O) groups is 2. The molecule has 0 unspecified atom stereocenters. The van der Waals surface area contributed by atoms with Crippen molar-refractivity contribution < 1.29 is 39.3 Å². The van der Waals surface area contributed by atoms with Crippen LogP contribution in [0.1, 0.15) is 0 Å². The molecule has 10 nitrogen and oxygen atoms in total. The van der Waals surface area contributed by atoms with Gasteiger partial charge in [-0.15, -0.1) is 0 Å². The number of hydrogen-bond acceptors (Lipinski definition) is 6. The first-order valence-electron chi connectivity index (χ1n) is 5.67. The fourth-order valence-corrected chi connectivity index (χ4v) is 2.30. The summed E-state index contributed by atoms with van der Waals surface area (Å²) in [6, 6.07) is 0. The zero-order valence-electron chi connectivity index (χ0n) is 10.8. The summed E-state index contributed by atoms with van der Waals surface area (Å²) >= 11 is 0. The highest BCUT2D eigenvalue weighted by Crippen LogP contribution is 2.34. The van der Waals surface area contributed by atoms with Crippen molar-refractivity contribution in [3.8, 4) is 0 Å². The van der Waals surface area contributed by atoms with E-state index >= 15 is 0 Å². The molecule has 0 radical (unpaired) electrons. The third kappa shape index (κ3) is 10.9. The molecular formula is C9H19N2O8P. The molecule has 5 N–H and O–H groups in total. The van der Waals surface area contributed by atoms with Crippen LogP contribution in [0.3, 0.4) is 0 Å². The molecule has 0 heterocycles. The molecule has 0 aliphatic rings. The van der Waals surface area contributed by atoms with Gasteiger partial charge in [-0.2, -0.15) is 0 Å². The Balaban J connectivity index is 4.50. The van der Waals surface area contributed by atoms with Gasteiger partial charge in [0.25, 0.3) is 0 Å². The van der Waals surface area contributed by atoms with Crippen molar-refractivity contribution >= 4 is 19.5 Å². The van der Waals surface area contributed by atoms with E-state index in [2.05, 4.69) is 0 Å². The van der Waals surface area contributed by atoms with Crippen molar-refractivity contribution in [1.82, 2.24) is 9.80 Å². The minimum absolute atomic E-state index is 0.0370. The molecule has 11 heteroatoms. The normalized spacial score (nSPS) is 12.1. The number of carboxylic acids is 2. The van der Waals surface area contributed by atoms with Crippen molar-refractivity contribution in [3.05, 3.63) is 0 Å². The Kier molecular flexibility index (Phi) is 8.54. The van der Waals surface area contributed by atoms with Crippen LogP contribution in [0.4, 0.5) is 0 Å². The Morgan fingerprint density at radius 3 is 1.75 bits per heavy atom. The van der Waals surface area contributed by atoms with Crippen LogP contribution < -0.4 is 0 Å². The highest BCUT2D eigenvalue weighted by atomic mass is 31.2. The minimum Gasteiger partial charge on any atom is -0.480 e. The summed E-state index contributed by atoms with van der Waals surface area (Å²) in [5, 5.41) is 26.1. The molecule has 0 aromatic heterocycles. The molecule has 0 fully saturated rings. The molecule has 0 aliphatic heterocycles. The van der Waals surface area contributed by atoms with Crippen molar-refractivity contribution in [3.63, 3.8) is 0 Å². The first-order valence-corrected chi connectivity index (χ1v) is 7.47. The van der Waals surface area contributed by atoms with E-state index in [1.165, 1.54) is 4.90 Å². The Morgan fingerprint density at radius 1 is 0.900 bits per heavy atom. The van der Waals surface area contributed by atoms with Gasteiger partial charge in [0.1, 0.15) is 6.29 Å². The monoisotopic (exact) mass is 314 g/mol. The predicted octanol–water partition coefficient (Wildman–Crippen LogP) is -2.11. The first kappa shape index (κ1) is 19.0. The van der Waals surface area contributed by atoms with E-state index in [4.69, 9.17) is 25.1 Å². The molecule has 0 amide bonds. The standard InChI is InChI=1S/C9H19N2O8P/c12-4-3-10(5-8(13)14)1-2-11(6-9(15)16)7-20(17,18)19/h12H,1-7H2,(H,13,14)(H,15,16)(H2,17,18,19). The number of nitrogens with zero attached hydrogens (tertiary/aromatic N) is 2. The fourth-order valence-electron chi connectivity index (χ4n) is 1.54. The highest BCUT2D eigenvalue weighted by Gasteiger charge is 2.22. The summed E-state index contributed by atoms with van der Waals surface area (Å²) < 4.78 is 10.9. The van der Waals surface area contributed by atoms with Crippen molar-refractivity contribution in [2.24, 2.45) is 0 Å². The Labute approximate surface area is 115 Å². The van der Waals surface area contributed by atoms with Gasteiger partial charge >= 0.3 is 19.5 Å². The molecule has 0 bridgehead atoms. The fraction of sp³-hybridized carbons (Fsp3) is 0.778. The first-order chi connectivity index (χ1) is 9.14. The zero-order chi connectivity index (χ0) is 15.8. The molecule has 0 spiro atoms. The van der Waals surface area contributed by atoms with Gasteiger partial charge in [0.05, 0.1) is 19.7 Å². The Hall–Kier alpha value is -1.03. The van der Waals surface area contributed by atoms with Gasteiger partial charge in [0.15, 0.2) is 0 Å². The maximum absolute atomic E-state index is 10.9. The van der Waals surface area contributed by atoms with E-state index in [0.717, 1.165) is 4.90 Å². The van der Waals surface area contributed by atoms with Crippen LogP contribution in [-0.4, -0.2) is 92.5 Å². The summed E-state index contributed by atoms with van der Waals surface area (Å²) in [6.45, 7) is -1.08. The topological polar surface area (TPSA) is 159 Å². The Morgan fingerprint density at radius 2 is 1.35 bits per heavy atom. The summed E-state index contributed by atoms with van der Waals surface area (Å²) in [4.78, 5) is 41.2. The van der Waals surface area contributed by atoms with Crippen molar-refractivity contribution in [2.75, 3.05) is 45.6 Å². The van der Waals surface area contributed by atoms with Crippen LogP contribution in [0.15, 0.2) is 0 Å². The molecule has 20 heavy (non-hydrogen) atoms. The van der Waals surface area contributed by atoms with Gasteiger partial charge in [-0.3, -0.25) is 24.0 Å². The number of rotatable bonds is 11. The van der Waals surface area contributed by atoms with E-state index in [-0.39, 0.29) is 32.8 Å². The van der Waals surface area contributed by atoms with E-state index in [9.17, 15) is 14.2 Å². The lowest BCUT2D eigenvalue weighted by Gasteiger charge is -2.25. The molecule has 0 saturated carbocycles. The van der Waals surface area contributed by atoms with Gasteiger partial charge in [0.2, 0.25) is 0 Å². The number of aliphatic hydroxyl groups excluding tert-OH is 1. The van der Waals surface area contributed by atoms with E-state index < -0.39 is 32.4 Å². The quantitative estimate of drug-likeness (QED) is 0.267. The molecular weight excluding hydrogens is 295 g/mol. The number of aliphatic carboxylic acids is 2. The maximum atomic E-state index is 10.9. The molecule has 0 aromatic carbocycles. The van der Waals surface area contributed by atoms with Crippen LogP contribution in [-0.2, 0) is 14.2 Å². The lowest BCUT2D eigenvalue weighted by atomic mass is 10.4. The van der Waals surface area contributed by atoms with Crippen molar-refractivity contribution in [2.45, 2.75) is 0 Å². The van der Waals surface area contributed by atoms with Crippen LogP contribution in [0.2, 0.25) is 0 Å². The molecule has 0 aliphatic carbocycles. The second-order valence-corrected chi connectivity index (χ2v) is 5.76. The second kappa shape index (κ2) is 9.01. The third-order valence-electron chi connectivity index (χ3n) is 2.25. The maximum Gasteiger partial charge on any atom is 0.339 e. The molecule has 0 atom stereocenters. The molecule has 0 aromatic rings. The lowest BCUT2D eigenvalue weighted by molar-refractivity contribution is -0.140. The average Bonchev–Trinajstić information content (AvgIpc) is 2.22. The summed E-state index contributed by atoms with van der Waals surface area (Å²) in [5.74, 6) is -2.36. The molecule has 0 rings (SSSR count). The summed E-state index contributed by atoms with van der Waals surface area (Å²) in [6.07, 6.45) is -0.723. The van der Waals surface area contributed by atoms with Gasteiger partial charge in [-0.1, -0.05) is 0 Å². The van der Waals surface area contributed by atoms with Gasteiger partial charge in [0, 0.05) is 19.6 Å². The molecule has 118 valence electrons. The van der Waals surface area contributed by atoms with E-state index in [1.807, 2.05) is 0 Å². The number of aliphatic hydroxyl groups is 1. The summed E-state index contributed by atoms with van der Waals surface area (Å²) in [5.41, 5.74) is 0. The lowest BCUT2D eigenvalue weighted by Crippen LogP contribution is -2.41. The largest absolute Gasteiger partial charge is 0.480 e. The average molecular weight is 314 g/mol. The summed E-state index contributed by atoms with van der Waals surface area (Å²) in [7, 11) is -4.40. The SMILES string of the molecule is O=C(O)CN(CCO)CCN(CC(=O)O)CP(=O)(O)O. The predicted molar refractivity (Wildman–Crippen MR) is 67.3 cm³/mol. The van der Waals surface area contributed by atoms with Crippen LogP contribution in [0.25, 0.3) is 0 Å². The van der Waals surface area contributed by atoms with Crippen molar-refractivity contribution in [1.29, 1.82) is 0 Å². The Bertz CT molecular complexity index is 371. The number of hydrogen-bond donors (Lipinski definition) is 5. The van der Waals surface area contributed by atoms with Crippen LogP contribution in [0.5, 0.6) is 0 Å². The van der Waals surface area contributed by atoms with E-state index in [0.29, 0.717) is 0 Å². The van der Waals surface area contributed by atoms with E-state index in [1.54, 1.807) is 0 Å². The third-order valence-corrected chi connectivity index (χ3v) is 3.02. The second-order valence-electron chi connectivity index (χ2n) is 4.15. The number of carboxylic acid groups (broad SMARTS) is 2. The van der Waals surface area contributed by atoms with Gasteiger partial charge in [-0.05, 0) is 0 Å². The zero-order valence-corrected chi connectivity index (χ0v) is 11.6. The molecule has 0 saturated heterocycles. The minimum atomic E-state index is -4.40. The smallest absolute Gasteiger partial charge is 0.339 e. The van der Waals surface area contributed by atoms with Crippen LogP contribution in [0, 0.1) is 0 Å². The van der Waals surface area contributed by atoms with Crippen LogP contribution >= 0.6 is 7.60 Å². The van der Waals surface area contributed by atoms with Gasteiger partial charge < -0.3 is 25.1 Å².